The van der Waals surface area contributed by atoms with Gasteiger partial charge in [-0.3, -0.25) is 4.79 Å². The van der Waals surface area contributed by atoms with Crippen LogP contribution in [0.1, 0.15) is 27.4 Å². The van der Waals surface area contributed by atoms with Gasteiger partial charge in [0.2, 0.25) is 0 Å². The second kappa shape index (κ2) is 9.97. The lowest BCUT2D eigenvalue weighted by atomic mass is 10.2. The largest absolute Gasteiger partial charge is 0.485 e. The van der Waals surface area contributed by atoms with E-state index in [1.54, 1.807) is 4.90 Å². The highest BCUT2D eigenvalue weighted by molar-refractivity contribution is 5.98. The van der Waals surface area contributed by atoms with Crippen molar-refractivity contribution in [2.24, 2.45) is 0 Å². The average Bonchev–Trinajstić information content (AvgIpc) is 3.11. The first-order valence-electron chi connectivity index (χ1n) is 11.4. The Hall–Kier alpha value is -4.20. The van der Waals surface area contributed by atoms with E-state index in [1.165, 1.54) is 0 Å². The van der Waals surface area contributed by atoms with Crippen LogP contribution in [0.3, 0.4) is 0 Å². The van der Waals surface area contributed by atoms with Crippen molar-refractivity contribution in [1.82, 2.24) is 14.5 Å². The monoisotopic (exact) mass is 474 g/mol. The molecule has 0 radical (unpaired) electrons. The van der Waals surface area contributed by atoms with Gasteiger partial charge in [-0.05, 0) is 11.1 Å². The van der Waals surface area contributed by atoms with Gasteiger partial charge in [-0.2, -0.15) is 0 Å². The highest BCUT2D eigenvalue weighted by atomic mass is 19.1. The van der Waals surface area contributed by atoms with Crippen LogP contribution in [0.4, 0.5) is 14.6 Å². The summed E-state index contributed by atoms with van der Waals surface area (Å²) in [4.78, 5) is 20.2. The standard InChI is InChI=1S/C27H24F2N4O2/c28-21-13-22(29)15-23(14-21)35-18-24-31-26-25(33(24)17-20-9-5-2-6-10-20)27(34)32(12-11-30-26)16-19-7-3-1-4-8-19/h1-10,13-15,30H,11-12,16-18H2. The number of hydrogen-bond acceptors (Lipinski definition) is 4. The molecule has 0 bridgehead atoms. The molecule has 0 saturated heterocycles. The summed E-state index contributed by atoms with van der Waals surface area (Å²) in [5.41, 5.74) is 2.46. The van der Waals surface area contributed by atoms with Gasteiger partial charge in [0.1, 0.15) is 29.8 Å². The molecule has 1 N–H and O–H groups in total. The SMILES string of the molecule is O=C1c2c(nc(COc3cc(F)cc(F)c3)n2Cc2ccccc2)NCCN1Cc1ccccc1. The van der Waals surface area contributed by atoms with Crippen molar-refractivity contribution in [1.29, 1.82) is 0 Å². The van der Waals surface area contributed by atoms with Gasteiger partial charge in [0.25, 0.3) is 5.91 Å². The molecule has 1 aliphatic rings. The number of imidazole rings is 1. The van der Waals surface area contributed by atoms with Gasteiger partial charge >= 0.3 is 0 Å². The van der Waals surface area contributed by atoms with Crippen molar-refractivity contribution in [3.8, 4) is 5.75 Å². The minimum Gasteiger partial charge on any atom is -0.485 e. The van der Waals surface area contributed by atoms with Crippen LogP contribution in [0.25, 0.3) is 0 Å². The highest BCUT2D eigenvalue weighted by Gasteiger charge is 2.30. The maximum absolute atomic E-state index is 13.7. The van der Waals surface area contributed by atoms with E-state index in [2.05, 4.69) is 10.3 Å². The molecule has 35 heavy (non-hydrogen) atoms. The Morgan fingerprint density at radius 2 is 1.51 bits per heavy atom. The van der Waals surface area contributed by atoms with E-state index in [-0.39, 0.29) is 18.3 Å². The van der Waals surface area contributed by atoms with E-state index in [9.17, 15) is 13.6 Å². The van der Waals surface area contributed by atoms with E-state index in [1.807, 2.05) is 65.2 Å². The molecule has 0 unspecified atom stereocenters. The smallest absolute Gasteiger partial charge is 0.274 e. The number of fused-ring (bicyclic) bond motifs is 1. The number of rotatable bonds is 7. The Morgan fingerprint density at radius 1 is 0.886 bits per heavy atom. The zero-order valence-corrected chi connectivity index (χ0v) is 19.0. The molecule has 0 spiro atoms. The fraction of sp³-hybridized carbons (Fsp3) is 0.185. The maximum Gasteiger partial charge on any atom is 0.274 e. The molecule has 1 aromatic heterocycles. The Balaban J connectivity index is 1.48. The number of amides is 1. The molecular formula is C27H24F2N4O2. The number of nitrogens with one attached hydrogen (secondary N) is 1. The Bertz CT molecular complexity index is 1310. The predicted octanol–water partition coefficient (Wildman–Crippen LogP) is 4.86. The number of benzene rings is 3. The molecule has 0 aliphatic carbocycles. The molecule has 2 heterocycles. The van der Waals surface area contributed by atoms with Gasteiger partial charge in [0.15, 0.2) is 11.5 Å². The third-order valence-corrected chi connectivity index (χ3v) is 5.81. The van der Waals surface area contributed by atoms with Crippen molar-refractivity contribution in [3.05, 3.63) is 113 Å². The highest BCUT2D eigenvalue weighted by Crippen LogP contribution is 2.26. The summed E-state index contributed by atoms with van der Waals surface area (Å²) in [6, 6.07) is 22.6. The third-order valence-electron chi connectivity index (χ3n) is 5.81. The summed E-state index contributed by atoms with van der Waals surface area (Å²) in [6.07, 6.45) is 0. The maximum atomic E-state index is 13.7. The predicted molar refractivity (Wildman–Crippen MR) is 128 cm³/mol. The Morgan fingerprint density at radius 3 is 2.17 bits per heavy atom. The summed E-state index contributed by atoms with van der Waals surface area (Å²) < 4.78 is 34.7. The van der Waals surface area contributed by atoms with Gasteiger partial charge in [-0.15, -0.1) is 0 Å². The van der Waals surface area contributed by atoms with E-state index in [0.717, 1.165) is 29.3 Å². The minimum atomic E-state index is -0.725. The average molecular weight is 475 g/mol. The van der Waals surface area contributed by atoms with Crippen molar-refractivity contribution in [2.75, 3.05) is 18.4 Å². The fourth-order valence-electron chi connectivity index (χ4n) is 4.16. The van der Waals surface area contributed by atoms with Gasteiger partial charge < -0.3 is 19.5 Å². The zero-order chi connectivity index (χ0) is 24.2. The Kier molecular flexibility index (Phi) is 6.43. The minimum absolute atomic E-state index is 0.0527. The molecule has 1 aliphatic heterocycles. The van der Waals surface area contributed by atoms with Crippen LogP contribution in [-0.2, 0) is 19.7 Å². The lowest BCUT2D eigenvalue weighted by molar-refractivity contribution is 0.0744. The van der Waals surface area contributed by atoms with Crippen molar-refractivity contribution in [3.63, 3.8) is 0 Å². The quantitative estimate of drug-likeness (QED) is 0.416. The van der Waals surface area contributed by atoms with Crippen LogP contribution in [0.2, 0.25) is 0 Å². The number of ether oxygens (including phenoxy) is 1. The van der Waals surface area contributed by atoms with Crippen LogP contribution < -0.4 is 10.1 Å². The number of anilines is 1. The molecule has 0 saturated carbocycles. The van der Waals surface area contributed by atoms with Crippen LogP contribution in [0, 0.1) is 11.6 Å². The van der Waals surface area contributed by atoms with E-state index >= 15 is 0 Å². The zero-order valence-electron chi connectivity index (χ0n) is 19.0. The number of hydrogen-bond donors (Lipinski definition) is 1. The first-order chi connectivity index (χ1) is 17.1. The Labute approximate surface area is 201 Å². The molecule has 4 aromatic rings. The van der Waals surface area contributed by atoms with Gasteiger partial charge in [-0.25, -0.2) is 13.8 Å². The lowest BCUT2D eigenvalue weighted by Gasteiger charge is -2.22. The number of nitrogens with zero attached hydrogens (tertiary/aromatic N) is 3. The fourth-order valence-corrected chi connectivity index (χ4v) is 4.16. The summed E-state index contributed by atoms with van der Waals surface area (Å²) in [6.45, 7) is 1.89. The lowest BCUT2D eigenvalue weighted by Crippen LogP contribution is -2.33. The summed E-state index contributed by atoms with van der Waals surface area (Å²) in [7, 11) is 0. The van der Waals surface area contributed by atoms with Crippen molar-refractivity contribution >= 4 is 11.7 Å². The molecule has 8 heteroatoms. The van der Waals surface area contributed by atoms with E-state index < -0.39 is 11.6 Å². The molecule has 3 aromatic carbocycles. The first-order valence-corrected chi connectivity index (χ1v) is 11.4. The van der Waals surface area contributed by atoms with Crippen molar-refractivity contribution in [2.45, 2.75) is 19.7 Å². The van der Waals surface area contributed by atoms with E-state index in [4.69, 9.17) is 4.74 Å². The summed E-state index contributed by atoms with van der Waals surface area (Å²) in [5.74, 6) is -0.581. The molecule has 0 fully saturated rings. The number of carbonyl (C=O) groups is 1. The molecule has 5 rings (SSSR count). The third kappa shape index (κ3) is 5.16. The molecule has 0 atom stereocenters. The molecule has 1 amide bonds. The van der Waals surface area contributed by atoms with Gasteiger partial charge in [-0.1, -0.05) is 60.7 Å². The van der Waals surface area contributed by atoms with Crippen LogP contribution >= 0.6 is 0 Å². The molecule has 178 valence electrons. The van der Waals surface area contributed by atoms with Gasteiger partial charge in [0.05, 0.1) is 0 Å². The van der Waals surface area contributed by atoms with Crippen LogP contribution in [-0.4, -0.2) is 33.4 Å². The van der Waals surface area contributed by atoms with E-state index in [0.29, 0.717) is 43.5 Å². The number of carbonyl (C=O) groups excluding carboxylic acids is 1. The second-order valence-electron chi connectivity index (χ2n) is 8.33. The second-order valence-corrected chi connectivity index (χ2v) is 8.33. The summed E-state index contributed by atoms with van der Waals surface area (Å²) in [5, 5.41) is 3.26. The topological polar surface area (TPSA) is 59.4 Å². The normalized spacial score (nSPS) is 13.2. The van der Waals surface area contributed by atoms with Crippen LogP contribution in [0.15, 0.2) is 78.9 Å². The first kappa shape index (κ1) is 22.6. The van der Waals surface area contributed by atoms with Gasteiger partial charge in [0, 0.05) is 44.4 Å². The number of aromatic nitrogens is 2. The molecular weight excluding hydrogens is 450 g/mol. The number of halogens is 2. The summed E-state index contributed by atoms with van der Waals surface area (Å²) >= 11 is 0. The molecule has 6 nitrogen and oxygen atoms in total. The van der Waals surface area contributed by atoms with Crippen molar-refractivity contribution < 1.29 is 18.3 Å². The van der Waals surface area contributed by atoms with Crippen LogP contribution in [0.5, 0.6) is 5.75 Å².